The van der Waals surface area contributed by atoms with Crippen LogP contribution < -0.4 is 10.6 Å². The average molecular weight is 386 g/mol. The van der Waals surface area contributed by atoms with Gasteiger partial charge in [0, 0.05) is 12.1 Å². The van der Waals surface area contributed by atoms with Gasteiger partial charge < -0.3 is 10.6 Å². The molecule has 28 heavy (non-hydrogen) atoms. The van der Waals surface area contributed by atoms with Gasteiger partial charge in [-0.3, -0.25) is 4.79 Å². The van der Waals surface area contributed by atoms with Crippen LogP contribution in [0.4, 0.5) is 24.7 Å². The number of benzene rings is 2. The van der Waals surface area contributed by atoms with Gasteiger partial charge in [-0.1, -0.05) is 48.5 Å². The molecule has 0 radical (unpaired) electrons. The van der Waals surface area contributed by atoms with Crippen molar-refractivity contribution in [3.05, 3.63) is 78.0 Å². The van der Waals surface area contributed by atoms with Crippen molar-refractivity contribution in [3.63, 3.8) is 0 Å². The third-order valence-electron chi connectivity index (χ3n) is 4.72. The summed E-state index contributed by atoms with van der Waals surface area (Å²) < 4.78 is 41.9. The molecule has 2 atom stereocenters. The molecule has 3 aromatic rings. The number of para-hydroxylation sites is 1. The van der Waals surface area contributed by atoms with E-state index in [0.717, 1.165) is 10.2 Å². The average Bonchev–Trinajstić information content (AvgIpc) is 3.12. The maximum absolute atomic E-state index is 13.7. The van der Waals surface area contributed by atoms with Crippen molar-refractivity contribution in [3.8, 4) is 0 Å². The number of fused-ring (bicyclic) bond motifs is 1. The Morgan fingerprint density at radius 1 is 1.07 bits per heavy atom. The van der Waals surface area contributed by atoms with Crippen molar-refractivity contribution in [2.75, 3.05) is 10.6 Å². The van der Waals surface area contributed by atoms with Crippen LogP contribution in [0.5, 0.6) is 0 Å². The summed E-state index contributed by atoms with van der Waals surface area (Å²) in [6.45, 7) is 0. The first kappa shape index (κ1) is 18.1. The third kappa shape index (κ3) is 3.45. The van der Waals surface area contributed by atoms with Gasteiger partial charge in [0.25, 0.3) is 5.91 Å². The molecule has 0 saturated carbocycles. The number of nitrogens with one attached hydrogen (secondary N) is 2. The highest BCUT2D eigenvalue weighted by atomic mass is 19.4. The molecule has 8 heteroatoms. The van der Waals surface area contributed by atoms with Crippen molar-refractivity contribution < 1.29 is 18.0 Å². The number of halogens is 3. The molecule has 1 aromatic heterocycles. The van der Waals surface area contributed by atoms with E-state index >= 15 is 0 Å². The molecule has 1 aliphatic rings. The first-order valence-electron chi connectivity index (χ1n) is 8.75. The number of aromatic nitrogens is 2. The van der Waals surface area contributed by atoms with Crippen LogP contribution >= 0.6 is 0 Å². The zero-order chi connectivity index (χ0) is 19.7. The molecule has 0 spiro atoms. The van der Waals surface area contributed by atoms with Crippen molar-refractivity contribution in [2.45, 2.75) is 24.7 Å². The monoisotopic (exact) mass is 386 g/mol. The second-order valence-electron chi connectivity index (χ2n) is 6.57. The Kier molecular flexibility index (Phi) is 4.54. The van der Waals surface area contributed by atoms with E-state index < -0.39 is 24.2 Å². The van der Waals surface area contributed by atoms with Crippen molar-refractivity contribution in [1.29, 1.82) is 0 Å². The lowest BCUT2D eigenvalue weighted by Gasteiger charge is -2.34. The van der Waals surface area contributed by atoms with E-state index in [0.29, 0.717) is 5.69 Å². The number of rotatable bonds is 3. The molecule has 0 bridgehead atoms. The second kappa shape index (κ2) is 7.03. The summed E-state index contributed by atoms with van der Waals surface area (Å²) in [5.74, 6) is -0.453. The van der Waals surface area contributed by atoms with Crippen LogP contribution in [0, 0.1) is 0 Å². The lowest BCUT2D eigenvalue weighted by molar-refractivity contribution is -0.173. The zero-order valence-corrected chi connectivity index (χ0v) is 14.6. The van der Waals surface area contributed by atoms with Gasteiger partial charge in [0.15, 0.2) is 6.04 Å². The fourth-order valence-electron chi connectivity index (χ4n) is 3.35. The van der Waals surface area contributed by atoms with Crippen molar-refractivity contribution in [2.24, 2.45) is 0 Å². The Balaban J connectivity index is 1.70. The van der Waals surface area contributed by atoms with Crippen LogP contribution in [0.15, 0.2) is 66.9 Å². The lowest BCUT2D eigenvalue weighted by atomic mass is 9.96. The van der Waals surface area contributed by atoms with Gasteiger partial charge in [-0.25, -0.2) is 4.68 Å². The Bertz CT molecular complexity index is 970. The van der Waals surface area contributed by atoms with Gasteiger partial charge in [-0.05, 0) is 17.7 Å². The maximum atomic E-state index is 13.7. The lowest BCUT2D eigenvalue weighted by Crippen LogP contribution is -2.36. The fourth-order valence-corrected chi connectivity index (χ4v) is 3.35. The van der Waals surface area contributed by atoms with Crippen LogP contribution in [-0.4, -0.2) is 21.9 Å². The Hall–Kier alpha value is -3.29. The number of hydrogen-bond acceptors (Lipinski definition) is 3. The van der Waals surface area contributed by atoms with Gasteiger partial charge in [0.05, 0.1) is 12.2 Å². The van der Waals surface area contributed by atoms with E-state index in [1.807, 2.05) is 0 Å². The molecular formula is C20H17F3N4O. The first-order chi connectivity index (χ1) is 13.4. The Morgan fingerprint density at radius 3 is 2.36 bits per heavy atom. The topological polar surface area (TPSA) is 59.0 Å². The molecule has 1 amide bonds. The minimum Gasteiger partial charge on any atom is -0.363 e. The molecule has 2 heterocycles. The standard InChI is InChI=1S/C20H17F3N4O/c21-20(22,23)17-11-16(13-7-3-1-4-8-13)26-18-15(12-24-27(17)18)19(28)25-14-9-5-2-6-10-14/h1-10,12,16-17,26H,11H2,(H,25,28). The molecule has 2 unspecified atom stereocenters. The second-order valence-corrected chi connectivity index (χ2v) is 6.57. The molecule has 5 nitrogen and oxygen atoms in total. The smallest absolute Gasteiger partial charge is 0.363 e. The summed E-state index contributed by atoms with van der Waals surface area (Å²) in [5, 5.41) is 9.63. The minimum absolute atomic E-state index is 0.0656. The van der Waals surface area contributed by atoms with E-state index in [2.05, 4.69) is 15.7 Å². The summed E-state index contributed by atoms with van der Waals surface area (Å²) in [6.07, 6.45) is -3.52. The van der Waals surface area contributed by atoms with Crippen molar-refractivity contribution in [1.82, 2.24) is 9.78 Å². The molecule has 4 rings (SSSR count). The largest absolute Gasteiger partial charge is 0.410 e. The molecule has 2 N–H and O–H groups in total. The van der Waals surface area contributed by atoms with Crippen LogP contribution in [0.3, 0.4) is 0 Å². The summed E-state index contributed by atoms with van der Waals surface area (Å²) in [5.41, 5.74) is 1.34. The number of nitrogens with zero attached hydrogens (tertiary/aromatic N) is 2. The zero-order valence-electron chi connectivity index (χ0n) is 14.6. The summed E-state index contributed by atoms with van der Waals surface area (Å²) in [4.78, 5) is 12.7. The fraction of sp³-hybridized carbons (Fsp3) is 0.200. The highest BCUT2D eigenvalue weighted by Gasteiger charge is 2.47. The highest BCUT2D eigenvalue weighted by molar-refractivity contribution is 6.07. The van der Waals surface area contributed by atoms with E-state index in [9.17, 15) is 18.0 Å². The van der Waals surface area contributed by atoms with Crippen LogP contribution in [-0.2, 0) is 0 Å². The number of hydrogen-bond donors (Lipinski definition) is 2. The van der Waals surface area contributed by atoms with Crippen molar-refractivity contribution >= 4 is 17.4 Å². The number of anilines is 2. The molecule has 0 saturated heterocycles. The predicted molar refractivity (Wildman–Crippen MR) is 99.1 cm³/mol. The summed E-state index contributed by atoms with van der Waals surface area (Å²) >= 11 is 0. The Labute approximate surface area is 159 Å². The predicted octanol–water partition coefficient (Wildman–Crippen LogP) is 4.80. The maximum Gasteiger partial charge on any atom is 0.410 e. The van der Waals surface area contributed by atoms with E-state index in [4.69, 9.17) is 0 Å². The Morgan fingerprint density at radius 2 is 1.71 bits per heavy atom. The van der Waals surface area contributed by atoms with Crippen LogP contribution in [0.1, 0.15) is 34.4 Å². The molecule has 144 valence electrons. The number of carbonyl (C=O) groups is 1. The van der Waals surface area contributed by atoms with E-state index in [1.165, 1.54) is 6.20 Å². The van der Waals surface area contributed by atoms with Gasteiger partial charge in [-0.2, -0.15) is 18.3 Å². The normalized spacial score (nSPS) is 18.8. The highest BCUT2D eigenvalue weighted by Crippen LogP contribution is 2.44. The SMILES string of the molecule is O=C(Nc1ccccc1)c1cnn2c1NC(c1ccccc1)CC2C(F)(F)F. The first-order valence-corrected chi connectivity index (χ1v) is 8.75. The number of carbonyl (C=O) groups excluding carboxylic acids is 1. The molecule has 0 fully saturated rings. The molecule has 0 aliphatic carbocycles. The molecule has 1 aliphatic heterocycles. The van der Waals surface area contributed by atoms with Gasteiger partial charge in [0.1, 0.15) is 11.4 Å². The van der Waals surface area contributed by atoms with Crippen LogP contribution in [0.25, 0.3) is 0 Å². The summed E-state index contributed by atoms with van der Waals surface area (Å²) in [7, 11) is 0. The van der Waals surface area contributed by atoms with Gasteiger partial charge in [0.2, 0.25) is 0 Å². The molecule has 2 aromatic carbocycles. The number of alkyl halides is 3. The van der Waals surface area contributed by atoms with Gasteiger partial charge in [-0.15, -0.1) is 0 Å². The quantitative estimate of drug-likeness (QED) is 0.680. The third-order valence-corrected chi connectivity index (χ3v) is 4.72. The van der Waals surface area contributed by atoms with Crippen LogP contribution in [0.2, 0.25) is 0 Å². The van der Waals surface area contributed by atoms with E-state index in [-0.39, 0.29) is 17.8 Å². The molecular weight excluding hydrogens is 369 g/mol. The minimum atomic E-state index is -4.48. The summed E-state index contributed by atoms with van der Waals surface area (Å²) in [6, 6.07) is 15.2. The number of amides is 1. The van der Waals surface area contributed by atoms with E-state index in [1.54, 1.807) is 60.7 Å². The van der Waals surface area contributed by atoms with Gasteiger partial charge >= 0.3 is 6.18 Å².